The molecule has 2 atom stereocenters. The van der Waals surface area contributed by atoms with Gasteiger partial charge in [-0.3, -0.25) is 14.9 Å². The highest BCUT2D eigenvalue weighted by atomic mass is 16.6. The van der Waals surface area contributed by atoms with Crippen molar-refractivity contribution in [3.8, 4) is 0 Å². The van der Waals surface area contributed by atoms with Gasteiger partial charge in [0.05, 0.1) is 11.1 Å². The van der Waals surface area contributed by atoms with E-state index in [1.807, 2.05) is 0 Å². The second kappa shape index (κ2) is 5.40. The summed E-state index contributed by atoms with van der Waals surface area (Å²) < 4.78 is 1.48. The van der Waals surface area contributed by atoms with Gasteiger partial charge in [0.25, 0.3) is 11.6 Å². The fourth-order valence-corrected chi connectivity index (χ4v) is 2.40. The number of piperidine rings is 1. The lowest BCUT2D eigenvalue weighted by atomic mass is 10.0. The Bertz CT molecular complexity index is 497. The fourth-order valence-electron chi connectivity index (χ4n) is 2.40. The largest absolute Gasteiger partial charge is 0.348 e. The summed E-state index contributed by atoms with van der Waals surface area (Å²) in [6.45, 7) is 2.95. The van der Waals surface area contributed by atoms with Crippen LogP contribution in [0.15, 0.2) is 12.3 Å². The molecule has 7 heteroatoms. The summed E-state index contributed by atoms with van der Waals surface area (Å²) >= 11 is 0. The SMILES string of the molecule is CC1CC(NC(=O)c2cc([N+](=O)[O-])cn2C)CCN1. The zero-order chi connectivity index (χ0) is 14.0. The number of nitrogens with zero attached hydrogens (tertiary/aromatic N) is 2. The molecule has 1 aliphatic heterocycles. The van der Waals surface area contributed by atoms with Crippen LogP contribution in [0, 0.1) is 10.1 Å². The maximum atomic E-state index is 12.1. The molecular formula is C12H18N4O3. The molecule has 2 unspecified atom stereocenters. The van der Waals surface area contributed by atoms with E-state index in [1.54, 1.807) is 7.05 Å². The first-order chi connectivity index (χ1) is 8.97. The van der Waals surface area contributed by atoms with Crippen LogP contribution in [0.3, 0.4) is 0 Å². The maximum Gasteiger partial charge on any atom is 0.287 e. The fraction of sp³-hybridized carbons (Fsp3) is 0.583. The first-order valence-corrected chi connectivity index (χ1v) is 6.32. The van der Waals surface area contributed by atoms with Crippen molar-refractivity contribution in [2.75, 3.05) is 6.54 Å². The third kappa shape index (κ3) is 3.11. The van der Waals surface area contributed by atoms with Crippen LogP contribution in [0.1, 0.15) is 30.3 Å². The molecule has 1 aliphatic rings. The predicted octanol–water partition coefficient (Wildman–Crippen LogP) is 0.804. The second-order valence-corrected chi connectivity index (χ2v) is 5.00. The Hall–Kier alpha value is -1.89. The van der Waals surface area contributed by atoms with Gasteiger partial charge < -0.3 is 15.2 Å². The standard InChI is InChI=1S/C12H18N4O3/c1-8-5-9(3-4-13-8)14-12(17)11-6-10(16(18)19)7-15(11)2/h6-9,13H,3-5H2,1-2H3,(H,14,17). The average molecular weight is 266 g/mol. The lowest BCUT2D eigenvalue weighted by Crippen LogP contribution is -2.46. The summed E-state index contributed by atoms with van der Waals surface area (Å²) in [5.41, 5.74) is 0.254. The van der Waals surface area contributed by atoms with Gasteiger partial charge in [-0.2, -0.15) is 0 Å². The summed E-state index contributed by atoms with van der Waals surface area (Å²) in [6.07, 6.45) is 3.10. The topological polar surface area (TPSA) is 89.2 Å². The van der Waals surface area contributed by atoms with Crippen LogP contribution in [0.25, 0.3) is 0 Å². The van der Waals surface area contributed by atoms with E-state index in [4.69, 9.17) is 0 Å². The van der Waals surface area contributed by atoms with Crippen LogP contribution in [0.5, 0.6) is 0 Å². The molecule has 0 aromatic carbocycles. The van der Waals surface area contributed by atoms with Crippen LogP contribution in [0.4, 0.5) is 5.69 Å². The zero-order valence-electron chi connectivity index (χ0n) is 11.0. The van der Waals surface area contributed by atoms with Gasteiger partial charge >= 0.3 is 0 Å². The average Bonchev–Trinajstić information content (AvgIpc) is 2.71. The lowest BCUT2D eigenvalue weighted by Gasteiger charge is -2.28. The van der Waals surface area contributed by atoms with Crippen LogP contribution in [-0.4, -0.2) is 34.0 Å². The minimum atomic E-state index is -0.497. The molecule has 1 saturated heterocycles. The van der Waals surface area contributed by atoms with Gasteiger partial charge in [0.15, 0.2) is 0 Å². The van der Waals surface area contributed by atoms with Gasteiger partial charge in [0, 0.05) is 25.2 Å². The Morgan fingerprint density at radius 1 is 1.63 bits per heavy atom. The molecule has 2 rings (SSSR count). The highest BCUT2D eigenvalue weighted by molar-refractivity contribution is 5.93. The number of carbonyl (C=O) groups excluding carboxylic acids is 1. The Morgan fingerprint density at radius 3 is 2.95 bits per heavy atom. The van der Waals surface area contributed by atoms with Crippen molar-refractivity contribution in [2.24, 2.45) is 7.05 Å². The van der Waals surface area contributed by atoms with Gasteiger partial charge in [0.2, 0.25) is 0 Å². The normalized spacial score (nSPS) is 23.1. The van der Waals surface area contributed by atoms with Crippen LogP contribution < -0.4 is 10.6 Å². The smallest absolute Gasteiger partial charge is 0.287 e. The van der Waals surface area contributed by atoms with E-state index in [0.717, 1.165) is 19.4 Å². The maximum absolute atomic E-state index is 12.1. The van der Waals surface area contributed by atoms with E-state index in [-0.39, 0.29) is 17.6 Å². The first kappa shape index (κ1) is 13.5. The van der Waals surface area contributed by atoms with Crippen molar-refractivity contribution in [1.29, 1.82) is 0 Å². The number of aromatic nitrogens is 1. The molecule has 0 spiro atoms. The number of nitrogens with one attached hydrogen (secondary N) is 2. The Kier molecular flexibility index (Phi) is 3.84. The predicted molar refractivity (Wildman–Crippen MR) is 70.0 cm³/mol. The van der Waals surface area contributed by atoms with Crippen molar-refractivity contribution in [2.45, 2.75) is 31.8 Å². The molecule has 0 aliphatic carbocycles. The number of hydrogen-bond acceptors (Lipinski definition) is 4. The molecule has 0 bridgehead atoms. The van der Waals surface area contributed by atoms with E-state index in [0.29, 0.717) is 11.7 Å². The molecule has 1 fully saturated rings. The zero-order valence-corrected chi connectivity index (χ0v) is 11.0. The Labute approximate surface area is 111 Å². The number of carbonyl (C=O) groups is 1. The third-order valence-corrected chi connectivity index (χ3v) is 3.39. The minimum absolute atomic E-state index is 0.0636. The van der Waals surface area contributed by atoms with Crippen molar-refractivity contribution >= 4 is 11.6 Å². The molecular weight excluding hydrogens is 248 g/mol. The third-order valence-electron chi connectivity index (χ3n) is 3.39. The van der Waals surface area contributed by atoms with E-state index < -0.39 is 4.92 Å². The monoisotopic (exact) mass is 266 g/mol. The van der Waals surface area contributed by atoms with Gasteiger partial charge in [-0.25, -0.2) is 0 Å². The molecule has 0 saturated carbocycles. The van der Waals surface area contributed by atoms with E-state index in [9.17, 15) is 14.9 Å². The molecule has 19 heavy (non-hydrogen) atoms. The molecule has 2 N–H and O–H groups in total. The molecule has 0 radical (unpaired) electrons. The molecule has 104 valence electrons. The van der Waals surface area contributed by atoms with Crippen molar-refractivity contribution in [3.05, 3.63) is 28.1 Å². The van der Waals surface area contributed by atoms with Crippen molar-refractivity contribution in [1.82, 2.24) is 15.2 Å². The number of rotatable bonds is 3. The molecule has 1 aromatic heterocycles. The Balaban J connectivity index is 2.05. The van der Waals surface area contributed by atoms with Gasteiger partial charge in [-0.05, 0) is 26.3 Å². The van der Waals surface area contributed by atoms with E-state index in [1.165, 1.54) is 16.8 Å². The quantitative estimate of drug-likeness (QED) is 0.625. The van der Waals surface area contributed by atoms with Crippen LogP contribution in [0.2, 0.25) is 0 Å². The summed E-state index contributed by atoms with van der Waals surface area (Å²) in [7, 11) is 1.63. The van der Waals surface area contributed by atoms with E-state index in [2.05, 4.69) is 17.6 Å². The lowest BCUT2D eigenvalue weighted by molar-refractivity contribution is -0.384. The van der Waals surface area contributed by atoms with Crippen molar-refractivity contribution in [3.63, 3.8) is 0 Å². The van der Waals surface area contributed by atoms with Crippen molar-refractivity contribution < 1.29 is 9.72 Å². The number of aryl methyl sites for hydroxylation is 1. The highest BCUT2D eigenvalue weighted by Crippen LogP contribution is 2.16. The van der Waals surface area contributed by atoms with Crippen LogP contribution in [-0.2, 0) is 7.05 Å². The highest BCUT2D eigenvalue weighted by Gasteiger charge is 2.23. The van der Waals surface area contributed by atoms with Crippen LogP contribution >= 0.6 is 0 Å². The molecule has 2 heterocycles. The summed E-state index contributed by atoms with van der Waals surface area (Å²) in [4.78, 5) is 22.3. The summed E-state index contributed by atoms with van der Waals surface area (Å²) in [5, 5.41) is 16.9. The van der Waals surface area contributed by atoms with E-state index >= 15 is 0 Å². The molecule has 7 nitrogen and oxygen atoms in total. The number of nitro groups is 1. The molecule has 1 amide bonds. The second-order valence-electron chi connectivity index (χ2n) is 5.00. The van der Waals surface area contributed by atoms with Gasteiger partial charge in [0.1, 0.15) is 5.69 Å². The summed E-state index contributed by atoms with van der Waals surface area (Å²) in [5.74, 6) is -0.255. The minimum Gasteiger partial charge on any atom is -0.348 e. The van der Waals surface area contributed by atoms with Gasteiger partial charge in [-0.15, -0.1) is 0 Å². The number of hydrogen-bond donors (Lipinski definition) is 2. The molecule has 1 aromatic rings. The van der Waals surface area contributed by atoms with Gasteiger partial charge in [-0.1, -0.05) is 0 Å². The summed E-state index contributed by atoms with van der Waals surface area (Å²) in [6, 6.07) is 1.80. The first-order valence-electron chi connectivity index (χ1n) is 6.32. The Morgan fingerprint density at radius 2 is 2.37 bits per heavy atom. The number of amides is 1.